The van der Waals surface area contributed by atoms with Gasteiger partial charge in [-0.1, -0.05) is 93.0 Å². The molecule has 638 valence electrons. The molecule has 13 aromatic rings. The molecule has 0 atom stereocenters. The van der Waals surface area contributed by atoms with Gasteiger partial charge in [0.25, 0.3) is 0 Å². The lowest BCUT2D eigenvalue weighted by molar-refractivity contribution is -0.130. The molecule has 0 unspecified atom stereocenters. The molecule has 8 heterocycles. The number of hydrogen-bond donors (Lipinski definition) is 12. The van der Waals surface area contributed by atoms with Gasteiger partial charge in [0, 0.05) is 190 Å². The Kier molecular flexibility index (Phi) is 28.4. The van der Waals surface area contributed by atoms with E-state index in [0.717, 1.165) is 133 Å². The summed E-state index contributed by atoms with van der Waals surface area (Å²) in [4.78, 5) is 110. The summed E-state index contributed by atoms with van der Waals surface area (Å²) in [5.74, 6) is 4.58. The van der Waals surface area contributed by atoms with Crippen LogP contribution in [0.4, 0.5) is 104 Å². The number of fused-ring (bicyclic) bond motifs is 4. The van der Waals surface area contributed by atoms with Crippen molar-refractivity contribution in [2.45, 2.75) is 80.6 Å². The molecule has 3 aliphatic heterocycles. The summed E-state index contributed by atoms with van der Waals surface area (Å²) < 4.78 is 7.57. The highest BCUT2D eigenvalue weighted by atomic mass is 16.5. The molecular weight excluding hydrogens is 1590 g/mol. The Morgan fingerprint density at radius 2 is 0.810 bits per heavy atom. The van der Waals surface area contributed by atoms with Crippen molar-refractivity contribution in [3.05, 3.63) is 307 Å². The van der Waals surface area contributed by atoms with E-state index < -0.39 is 0 Å². The Hall–Kier alpha value is -16.2. The lowest BCUT2D eigenvalue weighted by Gasteiger charge is -2.29. The molecule has 8 aromatic carbocycles. The van der Waals surface area contributed by atoms with E-state index in [9.17, 15) is 28.8 Å². The number of rotatable bonds is 24. The zero-order valence-corrected chi connectivity index (χ0v) is 71.1. The van der Waals surface area contributed by atoms with Crippen LogP contribution in [0.2, 0.25) is 0 Å². The second-order valence-corrected chi connectivity index (χ2v) is 29.7. The molecular formula is C96H97N23O7. The van der Waals surface area contributed by atoms with Crippen LogP contribution in [0.15, 0.2) is 251 Å². The van der Waals surface area contributed by atoms with E-state index in [2.05, 4.69) is 160 Å². The average molecular weight is 1680 g/mol. The second kappa shape index (κ2) is 40.9. The molecule has 0 spiro atoms. The van der Waals surface area contributed by atoms with Crippen LogP contribution in [0.5, 0.6) is 5.75 Å². The minimum absolute atomic E-state index is 0.00813. The molecule has 30 heteroatoms. The molecule has 30 nitrogen and oxygen atoms in total. The zero-order valence-electron chi connectivity index (χ0n) is 71.1. The van der Waals surface area contributed by atoms with Gasteiger partial charge < -0.3 is 82.9 Å². The van der Waals surface area contributed by atoms with Crippen molar-refractivity contribution in [1.82, 2.24) is 59.6 Å². The predicted molar refractivity (Wildman–Crippen MR) is 499 cm³/mol. The van der Waals surface area contributed by atoms with Crippen molar-refractivity contribution < 1.29 is 33.5 Å². The van der Waals surface area contributed by atoms with Crippen LogP contribution in [0.25, 0.3) is 22.3 Å². The molecule has 0 saturated carbocycles. The van der Waals surface area contributed by atoms with Gasteiger partial charge in [-0.25, -0.2) is 24.9 Å². The van der Waals surface area contributed by atoms with Crippen molar-refractivity contribution in [3.63, 3.8) is 0 Å². The predicted octanol–water partition coefficient (Wildman–Crippen LogP) is 17.4. The van der Waals surface area contributed by atoms with Gasteiger partial charge in [0.05, 0.1) is 13.7 Å². The first-order valence-corrected chi connectivity index (χ1v) is 40.5. The SMILES string of the molecule is C=CC(=O)Nc1cccc(Nc2nc(-c3cn(C)c4ccccc34)ncc2C)c1.C=CC(=O)Nc1cccc(Nc2nc(Nc3ccc(OC)c4c3CN(C(C)=O)C4)ncc2C)c1.C=CC(=O)Nc1cccc(Nc2nc(Nc3cccc4c3CCN(C(C)=O)C4)ncc2C)c1.C=CC(=O)Nc1cccc(Nc2nc(Nc3cccc4c3CCNC4)ncc2C)c1. The second-order valence-electron chi connectivity index (χ2n) is 29.7. The van der Waals surface area contributed by atoms with E-state index >= 15 is 0 Å². The van der Waals surface area contributed by atoms with E-state index in [1.54, 1.807) is 56.6 Å². The normalized spacial score (nSPS) is 12.0. The molecule has 0 radical (unpaired) electrons. The third-order valence-electron chi connectivity index (χ3n) is 20.7. The third kappa shape index (κ3) is 22.5. The fourth-order valence-electron chi connectivity index (χ4n) is 14.1. The smallest absolute Gasteiger partial charge is 0.247 e. The molecule has 0 aliphatic carbocycles. The fraction of sp³-hybridized carbons (Fsp3) is 0.167. The van der Waals surface area contributed by atoms with E-state index in [-0.39, 0.29) is 35.4 Å². The average Bonchev–Trinajstić information content (AvgIpc) is 1.62. The topological polar surface area (TPSA) is 371 Å². The van der Waals surface area contributed by atoms with E-state index in [0.29, 0.717) is 90.1 Å². The number of nitrogens with one attached hydrogen (secondary N) is 12. The third-order valence-corrected chi connectivity index (χ3v) is 20.7. The van der Waals surface area contributed by atoms with Crippen LogP contribution >= 0.6 is 0 Å². The van der Waals surface area contributed by atoms with E-state index in [1.807, 2.05) is 179 Å². The minimum atomic E-state index is -0.280. The summed E-state index contributed by atoms with van der Waals surface area (Å²) in [5.41, 5.74) is 21.2. The van der Waals surface area contributed by atoms with E-state index in [1.165, 1.54) is 41.0 Å². The van der Waals surface area contributed by atoms with Crippen LogP contribution in [-0.2, 0) is 74.8 Å². The Bertz CT molecular complexity index is 6330. The van der Waals surface area contributed by atoms with Crippen LogP contribution in [0, 0.1) is 27.7 Å². The van der Waals surface area contributed by atoms with Gasteiger partial charge in [-0.15, -0.1) is 0 Å². The first-order valence-electron chi connectivity index (χ1n) is 40.5. The maximum absolute atomic E-state index is 11.9. The summed E-state index contributed by atoms with van der Waals surface area (Å²) in [6, 6.07) is 53.8. The Balaban J connectivity index is 0.000000144. The lowest BCUT2D eigenvalue weighted by atomic mass is 9.97. The summed E-state index contributed by atoms with van der Waals surface area (Å²) in [7, 11) is 3.64. The maximum Gasteiger partial charge on any atom is 0.247 e. The highest BCUT2D eigenvalue weighted by Gasteiger charge is 2.28. The number of aromatic nitrogens is 9. The number of para-hydroxylation sites is 1. The molecule has 126 heavy (non-hydrogen) atoms. The highest BCUT2D eigenvalue weighted by molar-refractivity contribution is 6.02. The minimum Gasteiger partial charge on any atom is -0.496 e. The largest absolute Gasteiger partial charge is 0.496 e. The van der Waals surface area contributed by atoms with Gasteiger partial charge in [0.15, 0.2) is 5.82 Å². The van der Waals surface area contributed by atoms with Crippen LogP contribution in [-0.4, -0.2) is 110 Å². The van der Waals surface area contributed by atoms with Crippen molar-refractivity contribution in [1.29, 1.82) is 0 Å². The number of nitrogens with zero attached hydrogens (tertiary/aromatic N) is 11. The van der Waals surface area contributed by atoms with Gasteiger partial charge in [0.2, 0.25) is 53.3 Å². The molecule has 6 amide bonds. The van der Waals surface area contributed by atoms with Gasteiger partial charge in [0.1, 0.15) is 29.0 Å². The lowest BCUT2D eigenvalue weighted by Crippen LogP contribution is -2.34. The first kappa shape index (κ1) is 87.6. The number of methoxy groups -OCH3 is 1. The molecule has 0 saturated heterocycles. The summed E-state index contributed by atoms with van der Waals surface area (Å²) in [6.07, 6.45) is 15.8. The van der Waals surface area contributed by atoms with Crippen LogP contribution in [0.3, 0.4) is 0 Å². The molecule has 0 bridgehead atoms. The summed E-state index contributed by atoms with van der Waals surface area (Å²) >= 11 is 0. The summed E-state index contributed by atoms with van der Waals surface area (Å²) in [5, 5.41) is 38.7. The summed E-state index contributed by atoms with van der Waals surface area (Å²) in [6.45, 7) is 28.9. The number of amides is 6. The standard InChI is InChI=1S/C25H26N6O3.C25H26N6O2.C23H24N6O.C23H21N5O/c1-5-23(33)27-17-7-6-8-18(11-17)28-24-15(2)12-26-25(30-24)29-21-9-10-22(34-4)20-14-31(16(3)32)13-19(20)21;1-4-23(33)27-19-8-6-9-20(13-19)28-24-16(2)14-26-25(30-24)29-22-10-5-7-18-15-31(17(3)32)12-11-21(18)22;1-3-21(30)26-17-7-5-8-18(12-17)27-22-15(2)13-25-23(29-22)28-20-9-4-6-16-14-24-11-10-19(16)20;1-4-21(29)25-16-8-7-9-17(12-16)26-22-15(2)13-24-23(27-22)19-14-28(3)20-11-6-5-10-18(19)20/h5-12H,1,13-14H2,2-4H3,(H,27,33)(H2,26,28,29,30);4-10,13-14H,1,11-12,15H2,2-3H3,(H,27,33)(H2,26,28,29,30);3-9,12-13,24H,1,10-11,14H2,2H3,(H,26,30)(H2,25,27,28,29);4-14H,1H2,2-3H3,(H,25,29)(H,24,26,27). The Morgan fingerprint density at radius 3 is 1.25 bits per heavy atom. The van der Waals surface area contributed by atoms with Gasteiger partial charge >= 0.3 is 0 Å². The Labute approximate surface area is 729 Å². The fourth-order valence-corrected chi connectivity index (χ4v) is 14.1. The van der Waals surface area contributed by atoms with E-state index in [4.69, 9.17) is 9.72 Å². The van der Waals surface area contributed by atoms with Gasteiger partial charge in [-0.3, -0.25) is 28.8 Å². The monoisotopic (exact) mass is 1680 g/mol. The number of hydrogen-bond acceptors (Lipinski definition) is 23. The highest BCUT2D eigenvalue weighted by Crippen LogP contribution is 2.39. The first-order chi connectivity index (χ1) is 61.0. The quantitative estimate of drug-likeness (QED) is 0.0250. The van der Waals surface area contributed by atoms with Crippen molar-refractivity contribution >= 4 is 150 Å². The number of benzene rings is 8. The maximum atomic E-state index is 11.9. The molecule has 5 aromatic heterocycles. The van der Waals surface area contributed by atoms with Crippen molar-refractivity contribution in [2.24, 2.45) is 7.05 Å². The molecule has 0 fully saturated rings. The van der Waals surface area contributed by atoms with Crippen LogP contribution in [0.1, 0.15) is 69.5 Å². The van der Waals surface area contributed by atoms with Gasteiger partial charge in [-0.05, 0) is 197 Å². The number of anilines is 18. The number of carbonyl (C=O) groups excluding carboxylic acids is 6. The van der Waals surface area contributed by atoms with Crippen molar-refractivity contribution in [2.75, 3.05) is 78.7 Å². The molecule has 3 aliphatic rings. The molecule has 12 N–H and O–H groups in total. The number of ether oxygens (including phenoxy) is 1. The van der Waals surface area contributed by atoms with Crippen LogP contribution < -0.4 is 68.5 Å². The number of aryl methyl sites for hydroxylation is 5. The van der Waals surface area contributed by atoms with Gasteiger partial charge in [-0.2, -0.15) is 15.0 Å². The molecule has 16 rings (SSSR count). The zero-order chi connectivity index (χ0) is 88.9. The Morgan fingerprint density at radius 1 is 0.413 bits per heavy atom. The van der Waals surface area contributed by atoms with Crippen molar-refractivity contribution in [3.8, 4) is 17.1 Å². The number of carbonyl (C=O) groups is 6.